The van der Waals surface area contributed by atoms with Crippen molar-refractivity contribution in [3.05, 3.63) is 11.1 Å². The topological polar surface area (TPSA) is 88.3 Å². The van der Waals surface area contributed by atoms with Crippen LogP contribution in [-0.2, 0) is 15.0 Å². The van der Waals surface area contributed by atoms with Crippen LogP contribution in [0.1, 0.15) is 39.3 Å². The Morgan fingerprint density at radius 2 is 2.24 bits per heavy atom. The predicted octanol–water partition coefficient (Wildman–Crippen LogP) is 1.33. The average Bonchev–Trinajstić information content (AvgIpc) is 3.04. The molecule has 116 valence electrons. The number of carbonyl (C=O) groups excluding carboxylic acids is 2. The van der Waals surface area contributed by atoms with E-state index in [4.69, 9.17) is 5.73 Å². The minimum Gasteiger partial charge on any atom is -0.368 e. The summed E-state index contributed by atoms with van der Waals surface area (Å²) in [6.07, 6.45) is 1.48. The fourth-order valence-corrected chi connectivity index (χ4v) is 3.25. The number of anilines is 1. The molecular formula is C14H22N4O2S. The highest BCUT2D eigenvalue weighted by Gasteiger charge is 2.32. The summed E-state index contributed by atoms with van der Waals surface area (Å²) >= 11 is 1.48. The third-order valence-corrected chi connectivity index (χ3v) is 4.37. The van der Waals surface area contributed by atoms with Crippen LogP contribution in [0, 0.1) is 0 Å². The van der Waals surface area contributed by atoms with E-state index in [9.17, 15) is 9.59 Å². The number of primary amides is 1. The van der Waals surface area contributed by atoms with Crippen molar-refractivity contribution < 1.29 is 9.59 Å². The highest BCUT2D eigenvalue weighted by Crippen LogP contribution is 2.26. The van der Waals surface area contributed by atoms with Crippen molar-refractivity contribution in [2.24, 2.45) is 5.73 Å². The second kappa shape index (κ2) is 6.01. The van der Waals surface area contributed by atoms with Gasteiger partial charge in [0.25, 0.3) is 0 Å². The Morgan fingerprint density at radius 1 is 1.52 bits per heavy atom. The lowest BCUT2D eigenvalue weighted by atomic mass is 9.93. The molecule has 1 saturated heterocycles. The summed E-state index contributed by atoms with van der Waals surface area (Å²) in [7, 11) is 0. The van der Waals surface area contributed by atoms with Gasteiger partial charge >= 0.3 is 0 Å². The first-order valence-electron chi connectivity index (χ1n) is 7.07. The monoisotopic (exact) mass is 310 g/mol. The SMILES string of the molecule is CC(C)(C)c1csc(NCC(=O)N2CCCC2C(N)=O)n1. The number of rotatable bonds is 4. The van der Waals surface area contributed by atoms with Crippen molar-refractivity contribution in [2.75, 3.05) is 18.4 Å². The lowest BCUT2D eigenvalue weighted by molar-refractivity contribution is -0.135. The van der Waals surface area contributed by atoms with E-state index in [1.54, 1.807) is 4.90 Å². The lowest BCUT2D eigenvalue weighted by Gasteiger charge is -2.22. The van der Waals surface area contributed by atoms with Crippen molar-refractivity contribution in [1.29, 1.82) is 0 Å². The minimum absolute atomic E-state index is 0.00748. The molecule has 2 rings (SSSR count). The van der Waals surface area contributed by atoms with Gasteiger partial charge < -0.3 is 16.0 Å². The van der Waals surface area contributed by atoms with Gasteiger partial charge in [-0.2, -0.15) is 0 Å². The van der Waals surface area contributed by atoms with E-state index in [1.807, 2.05) is 5.38 Å². The number of aromatic nitrogens is 1. The molecule has 1 aromatic rings. The summed E-state index contributed by atoms with van der Waals surface area (Å²) in [5.41, 5.74) is 6.31. The Hall–Kier alpha value is -1.63. The molecular weight excluding hydrogens is 288 g/mol. The van der Waals surface area contributed by atoms with Crippen LogP contribution >= 0.6 is 11.3 Å². The molecule has 1 unspecified atom stereocenters. The molecule has 1 atom stereocenters. The number of likely N-dealkylation sites (tertiary alicyclic amines) is 1. The molecule has 0 spiro atoms. The van der Waals surface area contributed by atoms with Crippen molar-refractivity contribution in [2.45, 2.75) is 45.1 Å². The minimum atomic E-state index is -0.458. The summed E-state index contributed by atoms with van der Waals surface area (Å²) < 4.78 is 0. The maximum absolute atomic E-state index is 12.2. The Labute approximate surface area is 128 Å². The Morgan fingerprint density at radius 3 is 2.81 bits per heavy atom. The number of nitrogens with two attached hydrogens (primary N) is 1. The van der Waals surface area contributed by atoms with Crippen LogP contribution in [0.2, 0.25) is 0 Å². The first-order chi connectivity index (χ1) is 9.79. The molecule has 21 heavy (non-hydrogen) atoms. The third-order valence-electron chi connectivity index (χ3n) is 3.57. The highest BCUT2D eigenvalue weighted by atomic mass is 32.1. The Balaban J connectivity index is 1.92. The number of carbonyl (C=O) groups is 2. The zero-order valence-electron chi connectivity index (χ0n) is 12.7. The zero-order valence-corrected chi connectivity index (χ0v) is 13.5. The molecule has 6 nitrogen and oxygen atoms in total. The summed E-state index contributed by atoms with van der Waals surface area (Å²) in [5.74, 6) is -0.533. The van der Waals surface area contributed by atoms with Crippen LogP contribution in [0.4, 0.5) is 5.13 Å². The molecule has 7 heteroatoms. The molecule has 1 aromatic heterocycles. The number of hydrogen-bond donors (Lipinski definition) is 2. The van der Waals surface area contributed by atoms with Gasteiger partial charge in [0.05, 0.1) is 12.2 Å². The standard InChI is InChI=1S/C14H22N4O2S/c1-14(2,3)10-8-21-13(17-10)16-7-11(19)18-6-4-5-9(18)12(15)20/h8-9H,4-7H2,1-3H3,(H2,15,20)(H,16,17). The van der Waals surface area contributed by atoms with E-state index in [1.165, 1.54) is 11.3 Å². The van der Waals surface area contributed by atoms with Gasteiger partial charge in [0, 0.05) is 17.3 Å². The second-order valence-corrected chi connectivity index (χ2v) is 7.15. The van der Waals surface area contributed by atoms with Crippen molar-refractivity contribution in [1.82, 2.24) is 9.88 Å². The van der Waals surface area contributed by atoms with E-state index in [0.717, 1.165) is 17.2 Å². The third kappa shape index (κ3) is 3.72. The number of nitrogens with zero attached hydrogens (tertiary/aromatic N) is 2. The van der Waals surface area contributed by atoms with Gasteiger partial charge in [0.2, 0.25) is 11.8 Å². The molecule has 1 fully saturated rings. The van der Waals surface area contributed by atoms with Crippen LogP contribution in [0.5, 0.6) is 0 Å². The summed E-state index contributed by atoms with van der Waals surface area (Å²) in [6.45, 7) is 7.02. The Kier molecular flexibility index (Phi) is 4.51. The number of amides is 2. The van der Waals surface area contributed by atoms with E-state index >= 15 is 0 Å². The lowest BCUT2D eigenvalue weighted by Crippen LogP contribution is -2.45. The smallest absolute Gasteiger partial charge is 0.242 e. The van der Waals surface area contributed by atoms with Crippen molar-refractivity contribution in [3.63, 3.8) is 0 Å². The first-order valence-corrected chi connectivity index (χ1v) is 7.95. The molecule has 1 aliphatic rings. The van der Waals surface area contributed by atoms with Crippen LogP contribution in [-0.4, -0.2) is 40.8 Å². The molecule has 0 radical (unpaired) electrons. The average molecular weight is 310 g/mol. The van der Waals surface area contributed by atoms with Gasteiger partial charge in [-0.3, -0.25) is 9.59 Å². The van der Waals surface area contributed by atoms with Crippen LogP contribution < -0.4 is 11.1 Å². The molecule has 3 N–H and O–H groups in total. The molecule has 0 bridgehead atoms. The van der Waals surface area contributed by atoms with Crippen LogP contribution in [0.15, 0.2) is 5.38 Å². The zero-order chi connectivity index (χ0) is 15.6. The predicted molar refractivity (Wildman–Crippen MR) is 83.2 cm³/mol. The van der Waals surface area contributed by atoms with Gasteiger partial charge in [-0.05, 0) is 12.8 Å². The van der Waals surface area contributed by atoms with Gasteiger partial charge in [-0.25, -0.2) is 4.98 Å². The quantitative estimate of drug-likeness (QED) is 0.878. The maximum Gasteiger partial charge on any atom is 0.242 e. The summed E-state index contributed by atoms with van der Waals surface area (Å²) in [6, 6.07) is -0.458. The van der Waals surface area contributed by atoms with Crippen LogP contribution in [0.25, 0.3) is 0 Å². The summed E-state index contributed by atoms with van der Waals surface area (Å²) in [5, 5.41) is 5.76. The van der Waals surface area contributed by atoms with Gasteiger partial charge in [0.1, 0.15) is 6.04 Å². The summed E-state index contributed by atoms with van der Waals surface area (Å²) in [4.78, 5) is 29.5. The van der Waals surface area contributed by atoms with Crippen molar-refractivity contribution >= 4 is 28.3 Å². The molecule has 1 aliphatic heterocycles. The van der Waals surface area contributed by atoms with Gasteiger partial charge in [-0.15, -0.1) is 11.3 Å². The molecule has 0 aliphatic carbocycles. The number of thiazole rings is 1. The Bertz CT molecular complexity index is 535. The number of hydrogen-bond acceptors (Lipinski definition) is 5. The van der Waals surface area contributed by atoms with Gasteiger partial charge in [-0.1, -0.05) is 20.8 Å². The number of nitrogens with one attached hydrogen (secondary N) is 1. The first kappa shape index (κ1) is 15.8. The molecule has 0 aromatic carbocycles. The largest absolute Gasteiger partial charge is 0.368 e. The van der Waals surface area contributed by atoms with Crippen molar-refractivity contribution in [3.8, 4) is 0 Å². The van der Waals surface area contributed by atoms with E-state index in [0.29, 0.717) is 13.0 Å². The molecule has 0 saturated carbocycles. The molecule has 2 amide bonds. The fourth-order valence-electron chi connectivity index (χ4n) is 2.31. The van der Waals surface area contributed by atoms with E-state index < -0.39 is 11.9 Å². The van der Waals surface area contributed by atoms with E-state index in [-0.39, 0.29) is 17.9 Å². The van der Waals surface area contributed by atoms with E-state index in [2.05, 4.69) is 31.1 Å². The normalized spacial score (nSPS) is 18.8. The maximum atomic E-state index is 12.2. The van der Waals surface area contributed by atoms with Gasteiger partial charge in [0.15, 0.2) is 5.13 Å². The van der Waals surface area contributed by atoms with Crippen LogP contribution in [0.3, 0.4) is 0 Å². The molecule has 2 heterocycles. The fraction of sp³-hybridized carbons (Fsp3) is 0.643. The highest BCUT2D eigenvalue weighted by molar-refractivity contribution is 7.13. The second-order valence-electron chi connectivity index (χ2n) is 6.29.